The molecule has 3 rings (SSSR count). The number of aromatic nitrogens is 4. The first kappa shape index (κ1) is 21.3. The van der Waals surface area contributed by atoms with Gasteiger partial charge in [-0.05, 0) is 51.5 Å². The zero-order chi connectivity index (χ0) is 22.0. The molecule has 3 heterocycles. The van der Waals surface area contributed by atoms with E-state index >= 15 is 0 Å². The van der Waals surface area contributed by atoms with E-state index in [-0.39, 0.29) is 11.6 Å². The smallest absolute Gasteiger partial charge is 0.266 e. The highest BCUT2D eigenvalue weighted by atomic mass is 16.5. The predicted octanol–water partition coefficient (Wildman–Crippen LogP) is 3.45. The number of amides is 1. The summed E-state index contributed by atoms with van der Waals surface area (Å²) in [6, 6.07) is 5.95. The molecule has 0 saturated carbocycles. The first-order chi connectivity index (χ1) is 14.3. The average molecular weight is 406 g/mol. The Morgan fingerprint density at radius 2 is 2.10 bits per heavy atom. The monoisotopic (exact) mass is 406 g/mol. The molecular weight excluding hydrogens is 380 g/mol. The van der Waals surface area contributed by atoms with Crippen LogP contribution in [0.15, 0.2) is 23.9 Å². The standard InChI is InChI=1S/C22H26N6O2/c1-13-7-17(16(4)28(13)14(2)12-30-6)8-18(10-23)22(29)25-19-9-20-15(3)26-27(5)21(20)24-11-19/h7-9,11,14H,12H2,1-6H3,(H,25,29)/b18-8-. The second-order valence-electron chi connectivity index (χ2n) is 7.43. The van der Waals surface area contributed by atoms with E-state index in [9.17, 15) is 10.1 Å². The molecule has 0 saturated heterocycles. The SMILES string of the molecule is COCC(C)n1c(C)cc(/C=C(/C#N)C(=O)Nc2cnc3c(c2)c(C)nn3C)c1C. The Morgan fingerprint density at radius 3 is 2.77 bits per heavy atom. The summed E-state index contributed by atoms with van der Waals surface area (Å²) in [6.45, 7) is 8.50. The molecule has 1 N–H and O–H groups in total. The van der Waals surface area contributed by atoms with Crippen molar-refractivity contribution in [1.29, 1.82) is 5.26 Å². The topological polar surface area (TPSA) is 97.8 Å². The lowest BCUT2D eigenvalue weighted by Crippen LogP contribution is -2.14. The number of aryl methyl sites for hydroxylation is 3. The molecule has 1 amide bonds. The van der Waals surface area contributed by atoms with E-state index in [1.807, 2.05) is 46.0 Å². The van der Waals surface area contributed by atoms with Crippen LogP contribution >= 0.6 is 0 Å². The van der Waals surface area contributed by atoms with Crippen molar-refractivity contribution in [2.45, 2.75) is 33.7 Å². The second kappa shape index (κ2) is 8.51. The zero-order valence-electron chi connectivity index (χ0n) is 18.1. The number of hydrogen-bond acceptors (Lipinski definition) is 5. The van der Waals surface area contributed by atoms with Gasteiger partial charge in [-0.2, -0.15) is 10.4 Å². The summed E-state index contributed by atoms with van der Waals surface area (Å²) >= 11 is 0. The number of hydrogen-bond donors (Lipinski definition) is 1. The van der Waals surface area contributed by atoms with Crippen LogP contribution in [0.25, 0.3) is 17.1 Å². The van der Waals surface area contributed by atoms with Gasteiger partial charge in [0.1, 0.15) is 11.6 Å². The maximum Gasteiger partial charge on any atom is 0.266 e. The van der Waals surface area contributed by atoms with Gasteiger partial charge in [0.25, 0.3) is 5.91 Å². The van der Waals surface area contributed by atoms with Gasteiger partial charge in [-0.1, -0.05) is 0 Å². The Hall–Kier alpha value is -3.44. The summed E-state index contributed by atoms with van der Waals surface area (Å²) in [5, 5.41) is 17.5. The third-order valence-electron chi connectivity index (χ3n) is 5.16. The van der Waals surface area contributed by atoms with Crippen LogP contribution in [0.2, 0.25) is 0 Å². The van der Waals surface area contributed by atoms with E-state index < -0.39 is 5.91 Å². The van der Waals surface area contributed by atoms with Crippen molar-refractivity contribution in [3.8, 4) is 6.07 Å². The summed E-state index contributed by atoms with van der Waals surface area (Å²) in [4.78, 5) is 17.1. The van der Waals surface area contributed by atoms with Crippen molar-refractivity contribution in [1.82, 2.24) is 19.3 Å². The Labute approximate surface area is 175 Å². The molecule has 0 aliphatic rings. The third-order valence-corrected chi connectivity index (χ3v) is 5.16. The quantitative estimate of drug-likeness (QED) is 0.499. The number of carbonyl (C=O) groups is 1. The molecule has 0 radical (unpaired) electrons. The number of methoxy groups -OCH3 is 1. The number of nitriles is 1. The number of fused-ring (bicyclic) bond motifs is 1. The van der Waals surface area contributed by atoms with Gasteiger partial charge < -0.3 is 14.6 Å². The lowest BCUT2D eigenvalue weighted by Gasteiger charge is -2.17. The Morgan fingerprint density at radius 1 is 1.37 bits per heavy atom. The summed E-state index contributed by atoms with van der Waals surface area (Å²) in [6.07, 6.45) is 3.18. The van der Waals surface area contributed by atoms with Crippen molar-refractivity contribution in [3.63, 3.8) is 0 Å². The van der Waals surface area contributed by atoms with Crippen LogP contribution in [-0.4, -0.2) is 39.0 Å². The van der Waals surface area contributed by atoms with Gasteiger partial charge >= 0.3 is 0 Å². The van der Waals surface area contributed by atoms with E-state index in [1.54, 1.807) is 24.1 Å². The van der Waals surface area contributed by atoms with Crippen LogP contribution in [-0.2, 0) is 16.6 Å². The van der Waals surface area contributed by atoms with Crippen LogP contribution in [0, 0.1) is 32.1 Å². The van der Waals surface area contributed by atoms with Gasteiger partial charge in [-0.3, -0.25) is 9.48 Å². The molecule has 1 atom stereocenters. The minimum absolute atomic E-state index is 0.0256. The summed E-state index contributed by atoms with van der Waals surface area (Å²) in [5.74, 6) is -0.477. The molecule has 8 nitrogen and oxygen atoms in total. The highest BCUT2D eigenvalue weighted by Gasteiger charge is 2.16. The molecular formula is C22H26N6O2. The van der Waals surface area contributed by atoms with E-state index in [4.69, 9.17) is 4.74 Å². The van der Waals surface area contributed by atoms with Crippen molar-refractivity contribution in [3.05, 3.63) is 46.5 Å². The first-order valence-electron chi connectivity index (χ1n) is 9.66. The number of rotatable bonds is 6. The lowest BCUT2D eigenvalue weighted by molar-refractivity contribution is -0.112. The van der Waals surface area contributed by atoms with Crippen LogP contribution in [0.5, 0.6) is 0 Å². The number of anilines is 1. The van der Waals surface area contributed by atoms with Gasteiger partial charge in [-0.15, -0.1) is 0 Å². The molecule has 0 aromatic carbocycles. The predicted molar refractivity (Wildman–Crippen MR) is 116 cm³/mol. The number of nitrogens with one attached hydrogen (secondary N) is 1. The fourth-order valence-corrected chi connectivity index (χ4v) is 3.82. The van der Waals surface area contributed by atoms with E-state index in [2.05, 4.69) is 26.9 Å². The summed E-state index contributed by atoms with van der Waals surface area (Å²) in [7, 11) is 3.49. The minimum atomic E-state index is -0.477. The minimum Gasteiger partial charge on any atom is -0.383 e. The summed E-state index contributed by atoms with van der Waals surface area (Å²) < 4.78 is 9.10. The largest absolute Gasteiger partial charge is 0.383 e. The van der Waals surface area contributed by atoms with Gasteiger partial charge in [-0.25, -0.2) is 4.98 Å². The van der Waals surface area contributed by atoms with Gasteiger partial charge in [0.05, 0.1) is 30.2 Å². The Kier molecular flexibility index (Phi) is 6.04. The van der Waals surface area contributed by atoms with Gasteiger partial charge in [0.2, 0.25) is 0 Å². The molecule has 0 aliphatic carbocycles. The Bertz CT molecular complexity index is 1180. The zero-order valence-corrected chi connectivity index (χ0v) is 18.1. The average Bonchev–Trinajstić information content (AvgIpc) is 3.14. The summed E-state index contributed by atoms with van der Waals surface area (Å²) in [5.41, 5.74) is 4.96. The van der Waals surface area contributed by atoms with Crippen LogP contribution in [0.4, 0.5) is 5.69 Å². The van der Waals surface area contributed by atoms with E-state index in [1.165, 1.54) is 0 Å². The highest BCUT2D eigenvalue weighted by Crippen LogP contribution is 2.24. The van der Waals surface area contributed by atoms with Crippen molar-refractivity contribution >= 4 is 28.7 Å². The first-order valence-corrected chi connectivity index (χ1v) is 9.66. The maximum atomic E-state index is 12.7. The number of ether oxygens (including phenoxy) is 1. The van der Waals surface area contributed by atoms with Crippen LogP contribution < -0.4 is 5.32 Å². The van der Waals surface area contributed by atoms with Crippen molar-refractivity contribution < 1.29 is 9.53 Å². The normalized spacial score (nSPS) is 12.8. The molecule has 30 heavy (non-hydrogen) atoms. The van der Waals surface area contributed by atoms with Crippen LogP contribution in [0.1, 0.15) is 35.6 Å². The van der Waals surface area contributed by atoms with E-state index in [0.29, 0.717) is 12.3 Å². The molecule has 8 heteroatoms. The lowest BCUT2D eigenvalue weighted by atomic mass is 10.1. The Balaban J connectivity index is 1.88. The van der Waals surface area contributed by atoms with Gasteiger partial charge in [0, 0.05) is 30.9 Å². The van der Waals surface area contributed by atoms with Gasteiger partial charge in [0.15, 0.2) is 5.65 Å². The molecule has 0 bridgehead atoms. The van der Waals surface area contributed by atoms with E-state index in [0.717, 1.165) is 33.7 Å². The number of pyridine rings is 1. The fraction of sp³-hybridized carbons (Fsp3) is 0.364. The number of carbonyl (C=O) groups excluding carboxylic acids is 1. The molecule has 0 fully saturated rings. The van der Waals surface area contributed by atoms with Crippen molar-refractivity contribution in [2.24, 2.45) is 7.05 Å². The molecule has 156 valence electrons. The molecule has 3 aromatic heterocycles. The van der Waals surface area contributed by atoms with Crippen molar-refractivity contribution in [2.75, 3.05) is 19.0 Å². The van der Waals surface area contributed by atoms with Crippen LogP contribution in [0.3, 0.4) is 0 Å². The fourth-order valence-electron chi connectivity index (χ4n) is 3.82. The molecule has 1 unspecified atom stereocenters. The molecule has 3 aromatic rings. The molecule has 0 spiro atoms. The highest BCUT2D eigenvalue weighted by molar-refractivity contribution is 6.10. The second-order valence-corrected chi connectivity index (χ2v) is 7.43. The third kappa shape index (κ3) is 3.98. The molecule has 0 aliphatic heterocycles. The number of nitrogens with zero attached hydrogens (tertiary/aromatic N) is 5. The maximum absolute atomic E-state index is 12.7.